The number of benzene rings is 1. The summed E-state index contributed by atoms with van der Waals surface area (Å²) in [6.07, 6.45) is 2.02. The fourth-order valence-electron chi connectivity index (χ4n) is 2.66. The summed E-state index contributed by atoms with van der Waals surface area (Å²) in [5.41, 5.74) is 2.07. The van der Waals surface area contributed by atoms with E-state index in [0.29, 0.717) is 24.6 Å². The number of hydrogen-bond acceptors (Lipinski definition) is 4. The number of guanidine groups is 1. The van der Waals surface area contributed by atoms with E-state index in [-0.39, 0.29) is 29.7 Å². The third kappa shape index (κ3) is 5.93. The van der Waals surface area contributed by atoms with Crippen LogP contribution >= 0.6 is 39.9 Å². The smallest absolute Gasteiger partial charge is 0.200 e. The quantitative estimate of drug-likeness (QED) is 0.327. The predicted molar refractivity (Wildman–Crippen MR) is 121 cm³/mol. The Balaban J connectivity index is 0.00000364. The van der Waals surface area contributed by atoms with Crippen LogP contribution in [-0.4, -0.2) is 48.8 Å². The number of nitrogens with one attached hydrogen (secondary N) is 1. The van der Waals surface area contributed by atoms with Gasteiger partial charge in [-0.3, -0.25) is 4.99 Å². The predicted octanol–water partition coefficient (Wildman–Crippen LogP) is 3.34. The Labute approximate surface area is 185 Å². The summed E-state index contributed by atoms with van der Waals surface area (Å²) in [6, 6.07) is 5.62. The molecule has 0 saturated carbocycles. The van der Waals surface area contributed by atoms with Crippen LogP contribution in [0.4, 0.5) is 0 Å². The highest BCUT2D eigenvalue weighted by molar-refractivity contribution is 14.0. The zero-order chi connectivity index (χ0) is 19.3. The zero-order valence-corrected chi connectivity index (χ0v) is 20.0. The molecule has 1 aromatic carbocycles. The van der Waals surface area contributed by atoms with Gasteiger partial charge in [-0.15, -0.1) is 24.0 Å². The van der Waals surface area contributed by atoms with Crippen LogP contribution in [0.1, 0.15) is 11.3 Å². The molecule has 0 amide bonds. The number of aromatic nitrogens is 1. The van der Waals surface area contributed by atoms with Crippen molar-refractivity contribution in [3.05, 3.63) is 40.1 Å². The first-order valence-corrected chi connectivity index (χ1v) is 8.85. The summed E-state index contributed by atoms with van der Waals surface area (Å²) in [4.78, 5) is 6.38. The molecule has 1 heterocycles. The van der Waals surface area contributed by atoms with Gasteiger partial charge in [-0.05, 0) is 39.7 Å². The van der Waals surface area contributed by atoms with Gasteiger partial charge in [0.15, 0.2) is 17.5 Å². The van der Waals surface area contributed by atoms with E-state index in [2.05, 4.69) is 36.9 Å². The molecule has 9 heteroatoms. The molecule has 27 heavy (non-hydrogen) atoms. The second kappa shape index (κ2) is 10.6. The Morgan fingerprint density at radius 1 is 1.26 bits per heavy atom. The van der Waals surface area contributed by atoms with Crippen molar-refractivity contribution < 1.29 is 14.6 Å². The number of ether oxygens (including phenoxy) is 2. The number of phenols is 1. The molecule has 0 unspecified atom stereocenters. The standard InChI is InChI=1S/C18H25BrN4O3.HI/c1-20-18(23(3)11-14-8-13(19)10-22(14)2)21-9-12-6-15(25-4)17(24)16(7-12)26-5;/h6-8,10,24H,9,11H2,1-5H3,(H,20,21);1H. The lowest BCUT2D eigenvalue weighted by Gasteiger charge is -2.22. The maximum Gasteiger partial charge on any atom is 0.200 e. The number of aliphatic imine (C=N–C) groups is 1. The van der Waals surface area contributed by atoms with Gasteiger partial charge in [0.2, 0.25) is 5.75 Å². The topological polar surface area (TPSA) is 71.2 Å². The molecule has 0 spiro atoms. The van der Waals surface area contributed by atoms with Crippen LogP contribution in [0.2, 0.25) is 0 Å². The molecule has 7 nitrogen and oxygen atoms in total. The van der Waals surface area contributed by atoms with Crippen molar-refractivity contribution in [1.82, 2.24) is 14.8 Å². The lowest BCUT2D eigenvalue weighted by molar-refractivity contribution is 0.339. The number of halogens is 2. The third-order valence-corrected chi connectivity index (χ3v) is 4.47. The van der Waals surface area contributed by atoms with Crippen LogP contribution in [0.25, 0.3) is 0 Å². The maximum absolute atomic E-state index is 10.0. The van der Waals surface area contributed by atoms with Crippen molar-refractivity contribution in [3.8, 4) is 17.2 Å². The van der Waals surface area contributed by atoms with Crippen molar-refractivity contribution >= 4 is 45.9 Å². The number of aryl methyl sites for hydroxylation is 1. The average molecular weight is 553 g/mol. The van der Waals surface area contributed by atoms with E-state index in [4.69, 9.17) is 9.47 Å². The second-order valence-electron chi connectivity index (χ2n) is 5.87. The molecule has 150 valence electrons. The number of phenolic OH excluding ortho intramolecular Hbond substituents is 1. The van der Waals surface area contributed by atoms with Crippen LogP contribution in [0, 0.1) is 0 Å². The van der Waals surface area contributed by atoms with E-state index in [9.17, 15) is 5.11 Å². The molecular formula is C18H26BrIN4O3. The highest BCUT2D eigenvalue weighted by atomic mass is 127. The minimum absolute atomic E-state index is 0. The van der Waals surface area contributed by atoms with Gasteiger partial charge in [0.05, 0.1) is 20.8 Å². The summed E-state index contributed by atoms with van der Waals surface area (Å²) in [5.74, 6) is 1.50. The number of hydrogen-bond donors (Lipinski definition) is 2. The van der Waals surface area contributed by atoms with Crippen molar-refractivity contribution in [2.24, 2.45) is 12.0 Å². The molecule has 0 saturated heterocycles. The van der Waals surface area contributed by atoms with Crippen LogP contribution in [0.15, 0.2) is 33.9 Å². The first kappa shape index (κ1) is 23.4. The monoisotopic (exact) mass is 552 g/mol. The van der Waals surface area contributed by atoms with Gasteiger partial charge < -0.3 is 29.4 Å². The van der Waals surface area contributed by atoms with Crippen molar-refractivity contribution in [1.29, 1.82) is 0 Å². The summed E-state index contributed by atoms with van der Waals surface area (Å²) in [5, 5.41) is 13.3. The summed E-state index contributed by atoms with van der Waals surface area (Å²) in [6.45, 7) is 1.23. The number of rotatable bonds is 6. The minimum Gasteiger partial charge on any atom is -0.502 e. The van der Waals surface area contributed by atoms with Crippen molar-refractivity contribution in [3.63, 3.8) is 0 Å². The summed E-state index contributed by atoms with van der Waals surface area (Å²) >= 11 is 3.49. The van der Waals surface area contributed by atoms with Crippen LogP contribution in [-0.2, 0) is 20.1 Å². The lowest BCUT2D eigenvalue weighted by Crippen LogP contribution is -2.38. The van der Waals surface area contributed by atoms with E-state index in [1.165, 1.54) is 14.2 Å². The Bertz CT molecular complexity index is 770. The summed E-state index contributed by atoms with van der Waals surface area (Å²) in [7, 11) is 8.76. The SMILES string of the molecule is CN=C(NCc1cc(OC)c(O)c(OC)c1)N(C)Cc1cc(Br)cn1C.I. The molecule has 2 rings (SSSR count). The van der Waals surface area contributed by atoms with Gasteiger partial charge in [0.25, 0.3) is 0 Å². The van der Waals surface area contributed by atoms with E-state index < -0.39 is 0 Å². The molecule has 2 aromatic rings. The normalized spacial score (nSPS) is 11.0. The van der Waals surface area contributed by atoms with Gasteiger partial charge in [-0.25, -0.2) is 0 Å². The molecule has 0 fully saturated rings. The minimum atomic E-state index is -0.00506. The first-order chi connectivity index (χ1) is 12.4. The Kier molecular flexibility index (Phi) is 9.23. The van der Waals surface area contributed by atoms with Gasteiger partial charge in [-0.2, -0.15) is 0 Å². The zero-order valence-electron chi connectivity index (χ0n) is 16.1. The van der Waals surface area contributed by atoms with E-state index in [1.54, 1.807) is 19.2 Å². The summed E-state index contributed by atoms with van der Waals surface area (Å²) < 4.78 is 13.5. The van der Waals surface area contributed by atoms with Gasteiger partial charge in [-0.1, -0.05) is 0 Å². The van der Waals surface area contributed by atoms with Crippen molar-refractivity contribution in [2.45, 2.75) is 13.1 Å². The fraction of sp³-hybridized carbons (Fsp3) is 0.389. The Morgan fingerprint density at radius 3 is 2.30 bits per heavy atom. The molecule has 0 bridgehead atoms. The molecule has 0 aliphatic carbocycles. The molecule has 0 atom stereocenters. The number of methoxy groups -OCH3 is 2. The van der Waals surface area contributed by atoms with Crippen molar-refractivity contribution in [2.75, 3.05) is 28.3 Å². The highest BCUT2D eigenvalue weighted by Gasteiger charge is 2.13. The Morgan fingerprint density at radius 2 is 1.85 bits per heavy atom. The molecule has 0 aliphatic heterocycles. The largest absolute Gasteiger partial charge is 0.502 e. The number of aromatic hydroxyl groups is 1. The van der Waals surface area contributed by atoms with E-state index in [0.717, 1.165) is 21.7 Å². The van der Waals surface area contributed by atoms with Crippen LogP contribution < -0.4 is 14.8 Å². The molecule has 0 aliphatic rings. The van der Waals surface area contributed by atoms with Crippen LogP contribution in [0.5, 0.6) is 17.2 Å². The first-order valence-electron chi connectivity index (χ1n) is 8.06. The number of nitrogens with zero attached hydrogens (tertiary/aromatic N) is 3. The molecule has 1 aromatic heterocycles. The van der Waals surface area contributed by atoms with Gasteiger partial charge in [0, 0.05) is 44.1 Å². The molecule has 0 radical (unpaired) electrons. The van der Waals surface area contributed by atoms with E-state index in [1.807, 2.05) is 25.2 Å². The fourth-order valence-corrected chi connectivity index (χ4v) is 3.23. The second-order valence-corrected chi connectivity index (χ2v) is 6.78. The van der Waals surface area contributed by atoms with Gasteiger partial charge >= 0.3 is 0 Å². The third-order valence-electron chi connectivity index (χ3n) is 4.04. The van der Waals surface area contributed by atoms with Crippen LogP contribution in [0.3, 0.4) is 0 Å². The lowest BCUT2D eigenvalue weighted by atomic mass is 10.2. The Hall–Kier alpha value is -1.62. The maximum atomic E-state index is 10.0. The van der Waals surface area contributed by atoms with E-state index >= 15 is 0 Å². The van der Waals surface area contributed by atoms with Gasteiger partial charge in [0.1, 0.15) is 0 Å². The highest BCUT2D eigenvalue weighted by Crippen LogP contribution is 2.37. The molecule has 2 N–H and O–H groups in total. The average Bonchev–Trinajstić information content (AvgIpc) is 2.93. The molecular weight excluding hydrogens is 527 g/mol.